The molecule has 2 atom stereocenters. The second-order valence-corrected chi connectivity index (χ2v) is 11.3. The fourth-order valence-corrected chi connectivity index (χ4v) is 5.63. The summed E-state index contributed by atoms with van der Waals surface area (Å²) >= 11 is 0. The van der Waals surface area contributed by atoms with E-state index < -0.39 is 11.6 Å². The molecule has 0 unspecified atom stereocenters. The highest BCUT2D eigenvalue weighted by Gasteiger charge is 2.53. The number of nitrogens with one attached hydrogen (secondary N) is 2. The van der Waals surface area contributed by atoms with Crippen molar-refractivity contribution in [3.8, 4) is 11.5 Å². The van der Waals surface area contributed by atoms with Crippen molar-refractivity contribution in [1.29, 1.82) is 0 Å². The Morgan fingerprint density at radius 2 is 1.76 bits per heavy atom. The minimum atomic E-state index is -1.44. The van der Waals surface area contributed by atoms with Gasteiger partial charge in [-0.05, 0) is 64.5 Å². The van der Waals surface area contributed by atoms with Crippen LogP contribution >= 0.6 is 0 Å². The van der Waals surface area contributed by atoms with Crippen molar-refractivity contribution in [1.82, 2.24) is 10.9 Å². The summed E-state index contributed by atoms with van der Waals surface area (Å²) < 4.78 is 17.8. The Labute approximate surface area is 285 Å². The Kier molecular flexibility index (Phi) is 12.4. The molecule has 0 bridgehead atoms. The first-order valence-electron chi connectivity index (χ1n) is 16.1. The predicted octanol–water partition coefficient (Wildman–Crippen LogP) is 6.49. The molecule has 11 nitrogen and oxygen atoms in total. The molecule has 252 valence electrons. The molecular weight excluding hydrogens is 620 g/mol. The maximum absolute atomic E-state index is 14.5. The Balaban J connectivity index is 1.50. The second kappa shape index (κ2) is 17.5. The molecule has 1 amide bonds. The number of nitrogens with zero attached hydrogens (tertiary/aromatic N) is 4. The van der Waals surface area contributed by atoms with Crippen LogP contribution in [0.3, 0.4) is 0 Å². The van der Waals surface area contributed by atoms with Crippen LogP contribution in [-0.2, 0) is 22.5 Å². The summed E-state index contributed by atoms with van der Waals surface area (Å²) in [7, 11) is 1.63. The predicted molar refractivity (Wildman–Crippen MR) is 189 cm³/mol. The Bertz CT molecular complexity index is 1790. The number of ether oxygens (including phenoxy) is 3. The van der Waals surface area contributed by atoms with Gasteiger partial charge in [-0.3, -0.25) is 10.2 Å². The van der Waals surface area contributed by atoms with E-state index in [9.17, 15) is 4.79 Å². The topological polar surface area (TPSA) is 150 Å². The Hall–Kier alpha value is -5.61. The van der Waals surface area contributed by atoms with Crippen LogP contribution in [0.5, 0.6) is 11.5 Å². The van der Waals surface area contributed by atoms with Crippen LogP contribution in [0.2, 0.25) is 0 Å². The number of carbonyl (C=O) groups is 1. The number of aliphatic imine (C=N–C) groups is 1. The van der Waals surface area contributed by atoms with Crippen LogP contribution in [-0.4, -0.2) is 49.3 Å². The van der Waals surface area contributed by atoms with E-state index in [0.29, 0.717) is 48.8 Å². The van der Waals surface area contributed by atoms with E-state index in [0.717, 1.165) is 22.4 Å². The number of amides is 1. The summed E-state index contributed by atoms with van der Waals surface area (Å²) in [4.78, 5) is 22.5. The average molecular weight is 661 g/mol. The largest absolute Gasteiger partial charge is 0.496 e. The van der Waals surface area contributed by atoms with E-state index in [1.807, 2.05) is 103 Å². The summed E-state index contributed by atoms with van der Waals surface area (Å²) in [5.74, 6) is 1.33. The monoisotopic (exact) mass is 660 g/mol. The third-order valence-electron chi connectivity index (χ3n) is 8.12. The number of aliphatic hydroxyl groups is 1. The Morgan fingerprint density at radius 1 is 1.02 bits per heavy atom. The maximum atomic E-state index is 14.5. The van der Waals surface area contributed by atoms with Crippen LogP contribution in [0.1, 0.15) is 46.8 Å². The van der Waals surface area contributed by atoms with Crippen molar-refractivity contribution in [2.24, 2.45) is 10.1 Å². The second-order valence-electron chi connectivity index (χ2n) is 11.3. The number of benzene rings is 4. The number of para-hydroxylation sites is 1. The molecule has 1 aliphatic rings. The maximum Gasteiger partial charge on any atom is 0.266 e. The molecule has 0 saturated carbocycles. The number of carbonyl (C=O) groups excluding carboxylic acids is 1. The highest BCUT2D eigenvalue weighted by molar-refractivity contribution is 6.01. The fraction of sp³-hybridized carbons (Fsp3) is 0.263. The van der Waals surface area contributed by atoms with Gasteiger partial charge in [0.25, 0.3) is 5.91 Å². The zero-order chi connectivity index (χ0) is 34.3. The summed E-state index contributed by atoms with van der Waals surface area (Å²) in [6, 6.07) is 32.3. The lowest BCUT2D eigenvalue weighted by atomic mass is 9.82. The molecule has 4 aromatic rings. The molecule has 4 aromatic carbocycles. The molecule has 1 aliphatic heterocycles. The van der Waals surface area contributed by atoms with Gasteiger partial charge in [-0.1, -0.05) is 90.1 Å². The number of hydrogen-bond donors (Lipinski definition) is 3. The van der Waals surface area contributed by atoms with Gasteiger partial charge < -0.3 is 19.3 Å². The lowest BCUT2D eigenvalue weighted by molar-refractivity contribution is -0.129. The summed E-state index contributed by atoms with van der Waals surface area (Å²) in [6.07, 6.45) is 4.37. The molecule has 0 spiro atoms. The van der Waals surface area contributed by atoms with Crippen molar-refractivity contribution in [3.05, 3.63) is 147 Å². The van der Waals surface area contributed by atoms with E-state index in [-0.39, 0.29) is 25.5 Å². The number of hydrogen-bond acceptors (Lipinski definition) is 8. The molecular formula is C38H40N6O5. The number of methoxy groups -OCH3 is 1. The first-order chi connectivity index (χ1) is 24.1. The number of rotatable bonds is 17. The number of hydrazine groups is 1. The normalized spacial score (nSPS) is 16.8. The number of azide groups is 1. The van der Waals surface area contributed by atoms with E-state index in [1.165, 1.54) is 0 Å². The van der Waals surface area contributed by atoms with Gasteiger partial charge in [0, 0.05) is 36.5 Å². The van der Waals surface area contributed by atoms with Gasteiger partial charge in [0.15, 0.2) is 11.6 Å². The van der Waals surface area contributed by atoms with E-state index in [2.05, 4.69) is 20.9 Å². The van der Waals surface area contributed by atoms with Crippen LogP contribution < -0.4 is 20.3 Å². The quantitative estimate of drug-likeness (QED) is 0.0387. The smallest absolute Gasteiger partial charge is 0.266 e. The van der Waals surface area contributed by atoms with E-state index in [4.69, 9.17) is 29.8 Å². The van der Waals surface area contributed by atoms with Gasteiger partial charge >= 0.3 is 0 Å². The summed E-state index contributed by atoms with van der Waals surface area (Å²) in [6.45, 7) is 0.952. The minimum absolute atomic E-state index is 0.0451. The third-order valence-corrected chi connectivity index (χ3v) is 8.12. The standard InChI is InChI=1S/C38H40N6O5/c1-47-34-17-8-6-14-29(34)22-24-40-43-37(46)38(23-9-13-28-11-3-2-4-12-28)35(33-16-7-5-15-31(33)27-41-44-39)49-36(42-38)30-18-20-32(21-19-30)48-26-10-25-45/h2-9,11-21,35,40,45H,10,22-27H2,1H3,(H,43,46)/b13-9+/t35-,38-/m0/s1. The van der Waals surface area contributed by atoms with Crippen molar-refractivity contribution >= 4 is 17.9 Å². The lowest BCUT2D eigenvalue weighted by Crippen LogP contribution is -2.53. The highest BCUT2D eigenvalue weighted by atomic mass is 16.5. The first kappa shape index (κ1) is 34.7. The molecule has 0 fully saturated rings. The van der Waals surface area contributed by atoms with Gasteiger partial charge in [-0.15, -0.1) is 0 Å². The summed E-state index contributed by atoms with van der Waals surface area (Å²) in [5.41, 5.74) is 17.7. The molecule has 3 N–H and O–H groups in total. The lowest BCUT2D eigenvalue weighted by Gasteiger charge is -2.31. The zero-order valence-electron chi connectivity index (χ0n) is 27.4. The van der Waals surface area contributed by atoms with E-state index in [1.54, 1.807) is 19.2 Å². The van der Waals surface area contributed by atoms with Crippen LogP contribution in [0.4, 0.5) is 0 Å². The van der Waals surface area contributed by atoms with Gasteiger partial charge in [0.1, 0.15) is 11.5 Å². The average Bonchev–Trinajstić information content (AvgIpc) is 3.54. The molecule has 1 heterocycles. The molecule has 0 radical (unpaired) electrons. The summed E-state index contributed by atoms with van der Waals surface area (Å²) in [5, 5.41) is 12.9. The van der Waals surface area contributed by atoms with Crippen LogP contribution in [0.15, 0.2) is 119 Å². The van der Waals surface area contributed by atoms with Gasteiger partial charge in [0.2, 0.25) is 5.90 Å². The SMILES string of the molecule is COc1ccccc1CCNNC(=O)[C@@]1(C/C=C/c2ccccc2)N=C(c2ccc(OCCCO)cc2)O[C@H]1c1ccccc1CN=[N+]=[N-]. The van der Waals surface area contributed by atoms with Crippen molar-refractivity contribution in [2.75, 3.05) is 26.9 Å². The molecule has 0 aliphatic carbocycles. The minimum Gasteiger partial charge on any atom is -0.496 e. The molecule has 11 heteroatoms. The van der Waals surface area contributed by atoms with Gasteiger partial charge in [0.05, 0.1) is 20.3 Å². The highest BCUT2D eigenvalue weighted by Crippen LogP contribution is 2.44. The van der Waals surface area contributed by atoms with Crippen LogP contribution in [0.25, 0.3) is 16.5 Å². The first-order valence-corrected chi connectivity index (χ1v) is 16.1. The molecule has 5 rings (SSSR count). The number of aliphatic hydroxyl groups excluding tert-OH is 1. The van der Waals surface area contributed by atoms with Crippen molar-refractivity contribution < 1.29 is 24.1 Å². The zero-order valence-corrected chi connectivity index (χ0v) is 27.4. The van der Waals surface area contributed by atoms with Crippen molar-refractivity contribution in [3.63, 3.8) is 0 Å². The fourth-order valence-electron chi connectivity index (χ4n) is 5.63. The molecule has 0 aromatic heterocycles. The van der Waals surface area contributed by atoms with Gasteiger partial charge in [-0.25, -0.2) is 10.4 Å². The van der Waals surface area contributed by atoms with Crippen molar-refractivity contribution in [2.45, 2.75) is 37.5 Å². The van der Waals surface area contributed by atoms with Crippen LogP contribution in [0, 0.1) is 0 Å². The Morgan fingerprint density at radius 3 is 2.51 bits per heavy atom. The molecule has 0 saturated heterocycles. The third kappa shape index (κ3) is 8.85. The van der Waals surface area contributed by atoms with E-state index >= 15 is 0 Å². The van der Waals surface area contributed by atoms with Gasteiger partial charge in [-0.2, -0.15) is 0 Å². The molecule has 49 heavy (non-hydrogen) atoms.